The van der Waals surface area contributed by atoms with Crippen molar-refractivity contribution in [1.29, 1.82) is 0 Å². The van der Waals surface area contributed by atoms with E-state index in [2.05, 4.69) is 114 Å². The van der Waals surface area contributed by atoms with Crippen molar-refractivity contribution in [2.24, 2.45) is 0 Å². The van der Waals surface area contributed by atoms with Crippen LogP contribution in [0.3, 0.4) is 0 Å². The van der Waals surface area contributed by atoms with Crippen LogP contribution in [0.25, 0.3) is 21.5 Å². The minimum atomic E-state index is -0.0206. The Bertz CT molecular complexity index is 1110. The van der Waals surface area contributed by atoms with Crippen molar-refractivity contribution in [2.75, 3.05) is 12.3 Å². The van der Waals surface area contributed by atoms with Gasteiger partial charge in [0.05, 0.1) is 0 Å². The third kappa shape index (κ3) is 13.2. The van der Waals surface area contributed by atoms with Gasteiger partial charge in [-0.05, 0) is 36.5 Å². The number of hydrogen-bond acceptors (Lipinski definition) is 0. The van der Waals surface area contributed by atoms with Gasteiger partial charge < -0.3 is 24.8 Å². The second-order valence-electron chi connectivity index (χ2n) is 11.4. The number of unbranched alkanes of at least 4 members (excludes halogenated alkanes) is 6. The largest absolute Gasteiger partial charge is 4.00 e. The standard InChI is InChI=1S/C21H32P.C15H20P.2ClH.Zr/c1-3-5-7-11-15-22(16-12-8-6-4-2)21-17-19-13-9-10-14-20(19)18-21;1-11(2)16(12(3)4)15-9-13-7-5-6-8-14(13)10-15;;;/h9-10,13-14,17-18H,3-8,11-12,15-16H2,1-2H3;5-12H,1-4H3;2*1H;/q2*-1;;;+4/p-2. The quantitative estimate of drug-likeness (QED) is 0.0947. The SMILES string of the molecule is CC(C)P(c1cc2ccccc2[cH-]1)C(C)C.CCCCCCP(CCCCCC)c1cc2ccccc2[cH-]1.[Cl-].[Cl-].[Zr+4]. The molecule has 0 N–H and O–H groups in total. The van der Waals surface area contributed by atoms with Gasteiger partial charge in [-0.2, -0.15) is 12.1 Å². The van der Waals surface area contributed by atoms with Gasteiger partial charge in [0.2, 0.25) is 0 Å². The van der Waals surface area contributed by atoms with E-state index >= 15 is 0 Å². The summed E-state index contributed by atoms with van der Waals surface area (Å²) in [5.41, 5.74) is 1.54. The first-order valence-corrected chi connectivity index (χ1v) is 18.5. The summed E-state index contributed by atoms with van der Waals surface area (Å²) in [4.78, 5) is 0. The van der Waals surface area contributed by atoms with E-state index in [0.29, 0.717) is 0 Å². The van der Waals surface area contributed by atoms with Gasteiger partial charge in [-0.3, -0.25) is 0 Å². The molecule has 4 rings (SSSR count). The molecular weight excluding hydrogens is 656 g/mol. The number of halogens is 2. The average molecular weight is 709 g/mol. The van der Waals surface area contributed by atoms with Crippen LogP contribution in [0, 0.1) is 0 Å². The second kappa shape index (κ2) is 22.5. The average Bonchev–Trinajstić information content (AvgIpc) is 3.52. The fraction of sp³-hybridized carbons (Fsp3) is 0.500. The van der Waals surface area contributed by atoms with Crippen molar-refractivity contribution >= 4 is 48.0 Å². The van der Waals surface area contributed by atoms with Gasteiger partial charge in [0.15, 0.2) is 0 Å². The molecule has 0 bridgehead atoms. The molecule has 4 aromatic rings. The molecular formula is C36H52Cl2P2Zr. The molecule has 4 aromatic carbocycles. The van der Waals surface area contributed by atoms with Gasteiger partial charge in [-0.25, -0.2) is 0 Å². The molecule has 0 heterocycles. The molecule has 0 spiro atoms. The van der Waals surface area contributed by atoms with Crippen molar-refractivity contribution in [1.82, 2.24) is 0 Å². The first kappa shape index (κ1) is 41.0. The Morgan fingerprint density at radius 2 is 1.00 bits per heavy atom. The molecule has 0 aliphatic heterocycles. The summed E-state index contributed by atoms with van der Waals surface area (Å²) < 4.78 is 0. The van der Waals surface area contributed by atoms with Gasteiger partial charge in [0.25, 0.3) is 0 Å². The number of benzene rings is 2. The molecule has 0 amide bonds. The molecule has 0 radical (unpaired) electrons. The third-order valence-corrected chi connectivity index (χ3v) is 13.3. The molecule has 0 saturated heterocycles. The van der Waals surface area contributed by atoms with Crippen LogP contribution < -0.4 is 35.4 Å². The predicted molar refractivity (Wildman–Crippen MR) is 180 cm³/mol. The van der Waals surface area contributed by atoms with E-state index in [4.69, 9.17) is 0 Å². The van der Waals surface area contributed by atoms with Crippen LogP contribution >= 0.6 is 15.8 Å². The summed E-state index contributed by atoms with van der Waals surface area (Å²) in [7, 11) is 0.0436. The topological polar surface area (TPSA) is 0 Å². The summed E-state index contributed by atoms with van der Waals surface area (Å²) in [5.74, 6) is 0. The van der Waals surface area contributed by atoms with Gasteiger partial charge in [-0.1, -0.05) is 108 Å². The minimum Gasteiger partial charge on any atom is -1.00 e. The van der Waals surface area contributed by atoms with Crippen LogP contribution in [0.2, 0.25) is 0 Å². The van der Waals surface area contributed by atoms with E-state index in [9.17, 15) is 0 Å². The fourth-order valence-electron chi connectivity index (χ4n) is 5.62. The van der Waals surface area contributed by atoms with Crippen LogP contribution in [0.15, 0.2) is 72.8 Å². The van der Waals surface area contributed by atoms with Crippen molar-refractivity contribution in [3.8, 4) is 0 Å². The number of rotatable bonds is 14. The zero-order chi connectivity index (χ0) is 27.3. The van der Waals surface area contributed by atoms with Gasteiger partial charge in [0, 0.05) is 0 Å². The Morgan fingerprint density at radius 3 is 1.41 bits per heavy atom. The molecule has 5 heteroatoms. The van der Waals surface area contributed by atoms with Crippen molar-refractivity contribution in [2.45, 2.75) is 104 Å². The smallest absolute Gasteiger partial charge is 1.00 e. The Labute approximate surface area is 286 Å². The van der Waals surface area contributed by atoms with Crippen molar-refractivity contribution in [3.63, 3.8) is 0 Å². The summed E-state index contributed by atoms with van der Waals surface area (Å²) in [5, 5.41) is 8.89. The molecule has 0 aromatic heterocycles. The fourth-order valence-corrected chi connectivity index (χ4v) is 11.2. The Kier molecular flexibility index (Phi) is 22.5. The van der Waals surface area contributed by atoms with Crippen molar-refractivity contribution in [3.05, 3.63) is 72.8 Å². The molecule has 0 unspecified atom stereocenters. The maximum Gasteiger partial charge on any atom is 4.00 e. The van der Waals surface area contributed by atoms with Crippen LogP contribution in [-0.4, -0.2) is 23.6 Å². The normalized spacial score (nSPS) is 11.0. The van der Waals surface area contributed by atoms with E-state index in [-0.39, 0.29) is 66.9 Å². The Hall–Kier alpha value is -0.0169. The van der Waals surface area contributed by atoms with E-state index in [1.54, 1.807) is 10.6 Å². The van der Waals surface area contributed by atoms with Crippen LogP contribution in [0.1, 0.15) is 92.9 Å². The Balaban J connectivity index is 0.000000756. The summed E-state index contributed by atoms with van der Waals surface area (Å²) in [6.45, 7) is 14.0. The van der Waals surface area contributed by atoms with E-state index in [0.717, 1.165) is 11.3 Å². The molecule has 0 aliphatic carbocycles. The first-order valence-electron chi connectivity index (χ1n) is 15.3. The van der Waals surface area contributed by atoms with Gasteiger partial charge >= 0.3 is 26.2 Å². The maximum absolute atomic E-state index is 2.47. The minimum absolute atomic E-state index is 0. The maximum atomic E-state index is 2.47. The molecule has 0 nitrogen and oxygen atoms in total. The summed E-state index contributed by atoms with van der Waals surface area (Å²) >= 11 is 0. The predicted octanol–water partition coefficient (Wildman–Crippen LogP) is 5.31. The zero-order valence-electron chi connectivity index (χ0n) is 26.3. The van der Waals surface area contributed by atoms with Crippen molar-refractivity contribution < 1.29 is 51.0 Å². The zero-order valence-corrected chi connectivity index (χ0v) is 32.1. The number of hydrogen-bond donors (Lipinski definition) is 0. The second-order valence-corrected chi connectivity index (χ2v) is 17.3. The molecule has 0 aliphatic rings. The monoisotopic (exact) mass is 706 g/mol. The van der Waals surface area contributed by atoms with Crippen LogP contribution in [-0.2, 0) is 26.2 Å². The van der Waals surface area contributed by atoms with Crippen LogP contribution in [0.5, 0.6) is 0 Å². The Morgan fingerprint density at radius 1 is 0.585 bits per heavy atom. The summed E-state index contributed by atoms with van der Waals surface area (Å²) in [6, 6.07) is 27.3. The first-order chi connectivity index (χ1) is 18.4. The van der Waals surface area contributed by atoms with E-state index in [1.165, 1.54) is 85.2 Å². The third-order valence-electron chi connectivity index (χ3n) is 7.54. The van der Waals surface area contributed by atoms with E-state index < -0.39 is 0 Å². The molecule has 0 fully saturated rings. The number of fused-ring (bicyclic) bond motifs is 2. The molecule has 0 saturated carbocycles. The van der Waals surface area contributed by atoms with Gasteiger partial charge in [-0.15, -0.1) is 80.7 Å². The van der Waals surface area contributed by atoms with Crippen LogP contribution in [0.4, 0.5) is 0 Å². The molecule has 0 atom stereocenters. The molecule has 41 heavy (non-hydrogen) atoms. The molecule has 224 valence electrons. The van der Waals surface area contributed by atoms with Gasteiger partial charge in [0.1, 0.15) is 0 Å². The summed E-state index contributed by atoms with van der Waals surface area (Å²) in [6.07, 6.45) is 14.1. The van der Waals surface area contributed by atoms with E-state index in [1.807, 2.05) is 0 Å².